The van der Waals surface area contributed by atoms with Gasteiger partial charge in [-0.25, -0.2) is 0 Å². The minimum atomic E-state index is 0.216. The summed E-state index contributed by atoms with van der Waals surface area (Å²) in [5.74, 6) is 0. The van der Waals surface area contributed by atoms with Crippen LogP contribution in [0.1, 0.15) is 79.6 Å². The predicted molar refractivity (Wildman–Crippen MR) is 93.4 cm³/mol. The second-order valence-electron chi connectivity index (χ2n) is 7.24. The molecule has 0 aliphatic heterocycles. The molecule has 1 N–H and O–H groups in total. The molecule has 1 atom stereocenters. The van der Waals surface area contributed by atoms with Crippen LogP contribution in [-0.4, -0.2) is 11.7 Å². The third-order valence-electron chi connectivity index (χ3n) is 4.96. The summed E-state index contributed by atoms with van der Waals surface area (Å²) in [7, 11) is 0. The lowest BCUT2D eigenvalue weighted by molar-refractivity contribution is 0.237. The van der Waals surface area contributed by atoms with Crippen LogP contribution in [0.3, 0.4) is 0 Å². The number of rotatable bonds is 7. The molecule has 120 valence electrons. The largest absolute Gasteiger partial charge is 0.392 e. The number of allylic oxidation sites excluding steroid dienone is 5. The predicted octanol–water partition coefficient (Wildman–Crippen LogP) is 5.96. The highest BCUT2D eigenvalue weighted by Gasteiger charge is 2.31. The second kappa shape index (κ2) is 8.58. The van der Waals surface area contributed by atoms with Crippen molar-refractivity contribution >= 4 is 0 Å². The Bertz CT molecular complexity index is 421. The molecule has 0 heterocycles. The summed E-state index contributed by atoms with van der Waals surface area (Å²) in [5.41, 5.74) is 5.86. The Labute approximate surface area is 131 Å². The molecule has 0 saturated carbocycles. The van der Waals surface area contributed by atoms with Crippen molar-refractivity contribution in [3.63, 3.8) is 0 Å². The van der Waals surface area contributed by atoms with E-state index in [1.807, 2.05) is 0 Å². The van der Waals surface area contributed by atoms with Crippen LogP contribution in [0.25, 0.3) is 0 Å². The fraction of sp³-hybridized carbons (Fsp3) is 0.700. The zero-order chi connectivity index (χ0) is 15.9. The van der Waals surface area contributed by atoms with Gasteiger partial charge in [-0.1, -0.05) is 35.8 Å². The summed E-state index contributed by atoms with van der Waals surface area (Å²) in [6.45, 7) is 11.3. The molecule has 0 radical (unpaired) electrons. The molecular formula is C20H34O. The van der Waals surface area contributed by atoms with E-state index in [4.69, 9.17) is 0 Å². The van der Waals surface area contributed by atoms with Gasteiger partial charge >= 0.3 is 0 Å². The minimum absolute atomic E-state index is 0.216. The maximum absolute atomic E-state index is 9.69. The Morgan fingerprint density at radius 1 is 1.19 bits per heavy atom. The lowest BCUT2D eigenvalue weighted by Crippen LogP contribution is -2.26. The Kier molecular flexibility index (Phi) is 7.45. The van der Waals surface area contributed by atoms with Gasteiger partial charge in [0.2, 0.25) is 0 Å². The highest BCUT2D eigenvalue weighted by Crippen LogP contribution is 2.43. The maximum atomic E-state index is 9.69. The molecule has 1 unspecified atom stereocenters. The number of aliphatic hydroxyl groups excluding tert-OH is 1. The van der Waals surface area contributed by atoms with Crippen molar-refractivity contribution in [2.24, 2.45) is 5.41 Å². The van der Waals surface area contributed by atoms with Gasteiger partial charge in [-0.05, 0) is 83.6 Å². The van der Waals surface area contributed by atoms with Crippen molar-refractivity contribution in [1.29, 1.82) is 0 Å². The zero-order valence-electron chi connectivity index (χ0n) is 14.8. The first-order valence-electron chi connectivity index (χ1n) is 8.48. The third kappa shape index (κ3) is 5.82. The second-order valence-corrected chi connectivity index (χ2v) is 7.24. The van der Waals surface area contributed by atoms with E-state index < -0.39 is 0 Å². The van der Waals surface area contributed by atoms with Crippen LogP contribution < -0.4 is 0 Å². The van der Waals surface area contributed by atoms with Crippen LogP contribution in [0, 0.1) is 5.41 Å². The average molecular weight is 290 g/mol. The molecule has 0 fully saturated rings. The van der Waals surface area contributed by atoms with Crippen LogP contribution >= 0.6 is 0 Å². The van der Waals surface area contributed by atoms with Crippen molar-refractivity contribution in [1.82, 2.24) is 0 Å². The summed E-state index contributed by atoms with van der Waals surface area (Å²) in [6.07, 6.45) is 13.0. The van der Waals surface area contributed by atoms with E-state index in [1.54, 1.807) is 0 Å². The van der Waals surface area contributed by atoms with Gasteiger partial charge in [0.15, 0.2) is 0 Å². The molecule has 1 nitrogen and oxygen atoms in total. The molecule has 1 aliphatic rings. The number of hydrogen-bond donors (Lipinski definition) is 1. The van der Waals surface area contributed by atoms with E-state index in [0.717, 1.165) is 12.8 Å². The molecular weight excluding hydrogens is 256 g/mol. The smallest absolute Gasteiger partial charge is 0.0649 e. The molecule has 0 aromatic carbocycles. The average Bonchev–Trinajstić information content (AvgIpc) is 2.38. The fourth-order valence-electron chi connectivity index (χ4n) is 3.49. The van der Waals surface area contributed by atoms with Gasteiger partial charge in [0.25, 0.3) is 0 Å². The normalized spacial score (nSPS) is 23.4. The Morgan fingerprint density at radius 3 is 2.52 bits per heavy atom. The molecule has 0 spiro atoms. The molecule has 0 saturated heterocycles. The molecule has 0 bridgehead atoms. The van der Waals surface area contributed by atoms with Crippen LogP contribution in [-0.2, 0) is 0 Å². The summed E-state index contributed by atoms with van der Waals surface area (Å²) in [4.78, 5) is 0. The van der Waals surface area contributed by atoms with Crippen LogP contribution in [0.2, 0.25) is 0 Å². The third-order valence-corrected chi connectivity index (χ3v) is 4.96. The molecule has 0 amide bonds. The van der Waals surface area contributed by atoms with Crippen molar-refractivity contribution < 1.29 is 5.11 Å². The van der Waals surface area contributed by atoms with Crippen LogP contribution in [0.15, 0.2) is 34.4 Å². The summed E-state index contributed by atoms with van der Waals surface area (Å²) in [6, 6.07) is 0. The lowest BCUT2D eigenvalue weighted by Gasteiger charge is -2.37. The van der Waals surface area contributed by atoms with E-state index in [0.29, 0.717) is 0 Å². The molecule has 0 aromatic heterocycles. The van der Waals surface area contributed by atoms with Crippen molar-refractivity contribution in [2.75, 3.05) is 6.61 Å². The van der Waals surface area contributed by atoms with Gasteiger partial charge in [-0.15, -0.1) is 0 Å². The summed E-state index contributed by atoms with van der Waals surface area (Å²) in [5, 5.41) is 9.69. The van der Waals surface area contributed by atoms with Crippen LogP contribution in [0.5, 0.6) is 0 Å². The Balaban J connectivity index is 2.53. The van der Waals surface area contributed by atoms with Gasteiger partial charge < -0.3 is 5.11 Å². The van der Waals surface area contributed by atoms with E-state index in [2.05, 4.69) is 46.8 Å². The zero-order valence-corrected chi connectivity index (χ0v) is 14.8. The molecule has 1 rings (SSSR count). The van der Waals surface area contributed by atoms with Crippen molar-refractivity contribution in [2.45, 2.75) is 79.6 Å². The minimum Gasteiger partial charge on any atom is -0.392 e. The van der Waals surface area contributed by atoms with E-state index >= 15 is 0 Å². The van der Waals surface area contributed by atoms with E-state index in [1.165, 1.54) is 54.4 Å². The number of hydrogen-bond acceptors (Lipinski definition) is 1. The van der Waals surface area contributed by atoms with Gasteiger partial charge in [0.05, 0.1) is 6.61 Å². The quantitative estimate of drug-likeness (QED) is 0.574. The van der Waals surface area contributed by atoms with Crippen molar-refractivity contribution in [3.8, 4) is 0 Å². The fourth-order valence-corrected chi connectivity index (χ4v) is 3.49. The lowest BCUT2D eigenvalue weighted by atomic mass is 9.69. The Hall–Kier alpha value is -0.820. The van der Waals surface area contributed by atoms with Crippen molar-refractivity contribution in [3.05, 3.63) is 34.4 Å². The maximum Gasteiger partial charge on any atom is 0.0649 e. The van der Waals surface area contributed by atoms with Gasteiger partial charge in [0, 0.05) is 0 Å². The Morgan fingerprint density at radius 2 is 1.90 bits per heavy atom. The van der Waals surface area contributed by atoms with Gasteiger partial charge in [-0.3, -0.25) is 0 Å². The highest BCUT2D eigenvalue weighted by atomic mass is 16.3. The highest BCUT2D eigenvalue weighted by molar-refractivity contribution is 5.24. The monoisotopic (exact) mass is 290 g/mol. The van der Waals surface area contributed by atoms with Gasteiger partial charge in [0.1, 0.15) is 0 Å². The summed E-state index contributed by atoms with van der Waals surface area (Å²) >= 11 is 0. The van der Waals surface area contributed by atoms with Crippen LogP contribution in [0.4, 0.5) is 0 Å². The topological polar surface area (TPSA) is 20.2 Å². The van der Waals surface area contributed by atoms with E-state index in [9.17, 15) is 5.11 Å². The first kappa shape index (κ1) is 18.2. The molecule has 0 aromatic rings. The van der Waals surface area contributed by atoms with Gasteiger partial charge in [-0.2, -0.15) is 0 Å². The first-order chi connectivity index (χ1) is 9.89. The molecule has 1 aliphatic carbocycles. The number of aliphatic hydroxyl groups is 1. The molecule has 21 heavy (non-hydrogen) atoms. The summed E-state index contributed by atoms with van der Waals surface area (Å²) < 4.78 is 0. The first-order valence-corrected chi connectivity index (χ1v) is 8.48. The van der Waals surface area contributed by atoms with E-state index in [-0.39, 0.29) is 12.0 Å². The SMILES string of the molecule is CC(C)=CCC/C(C)=C\CCC1(C)CCCC(C)=C1CO. The molecule has 1 heteroatoms. The standard InChI is InChI=1S/C20H34O/c1-16(2)9-6-10-17(3)11-7-13-20(5)14-8-12-18(4)19(20)15-21/h9,11,21H,6-8,10,12-15H2,1-5H3/b17-11-.